The average Bonchev–Trinajstić information content (AvgIpc) is 2.80. The van der Waals surface area contributed by atoms with Gasteiger partial charge in [-0.25, -0.2) is 0 Å². The molecule has 0 aromatic heterocycles. The van der Waals surface area contributed by atoms with Gasteiger partial charge in [-0.2, -0.15) is 0 Å². The second-order valence-electron chi connectivity index (χ2n) is 7.22. The van der Waals surface area contributed by atoms with Gasteiger partial charge < -0.3 is 5.32 Å². The summed E-state index contributed by atoms with van der Waals surface area (Å²) < 4.78 is 0. The summed E-state index contributed by atoms with van der Waals surface area (Å²) in [4.78, 5) is 11.8. The van der Waals surface area contributed by atoms with Crippen LogP contribution in [0, 0.1) is 0 Å². The SMILES string of the molecule is CC/C=C/C/C=C/C/C=C/C/C=C/C/C=C/C/C=C/CCC(=O)NCc1ccccc1. The van der Waals surface area contributed by atoms with Crippen molar-refractivity contribution in [2.24, 2.45) is 0 Å². The van der Waals surface area contributed by atoms with Crippen molar-refractivity contribution in [2.45, 2.75) is 64.8 Å². The Hall–Kier alpha value is -2.87. The molecule has 0 spiro atoms. The van der Waals surface area contributed by atoms with Crippen molar-refractivity contribution in [1.29, 1.82) is 0 Å². The van der Waals surface area contributed by atoms with Crippen LogP contribution in [0.25, 0.3) is 0 Å². The van der Waals surface area contributed by atoms with Crippen LogP contribution in [0.2, 0.25) is 0 Å². The minimum absolute atomic E-state index is 0.100. The molecule has 0 radical (unpaired) electrons. The van der Waals surface area contributed by atoms with E-state index in [-0.39, 0.29) is 5.91 Å². The third-order valence-electron chi connectivity index (χ3n) is 4.47. The molecule has 1 N–H and O–H groups in total. The summed E-state index contributed by atoms with van der Waals surface area (Å²) in [6.45, 7) is 2.76. The fourth-order valence-corrected chi connectivity index (χ4v) is 2.74. The lowest BCUT2D eigenvalue weighted by atomic mass is 10.2. The van der Waals surface area contributed by atoms with E-state index in [4.69, 9.17) is 0 Å². The summed E-state index contributed by atoms with van der Waals surface area (Å²) in [5, 5.41) is 2.95. The Kier molecular flexibility index (Phi) is 17.2. The van der Waals surface area contributed by atoms with Gasteiger partial charge in [-0.1, -0.05) is 110 Å². The second kappa shape index (κ2) is 20.4. The summed E-state index contributed by atoms with van der Waals surface area (Å²) in [5.41, 5.74) is 1.13. The molecule has 2 nitrogen and oxygen atoms in total. The maximum absolute atomic E-state index is 11.8. The van der Waals surface area contributed by atoms with Crippen LogP contribution in [0.3, 0.4) is 0 Å². The van der Waals surface area contributed by atoms with Crippen LogP contribution in [0.4, 0.5) is 0 Å². The largest absolute Gasteiger partial charge is 0.352 e. The minimum atomic E-state index is 0.100. The standard InChI is InChI=1S/C29H39NO/c1-2-3-4-5-6-7-8-9-10-11-12-13-14-15-16-17-18-19-23-26-29(31)30-27-28-24-21-20-22-25-28/h3-4,6-7,9-10,12-13,15-16,18-22,24-25H,2,5,8,11,14,17,23,26-27H2,1H3,(H,30,31)/b4-3+,7-6+,10-9+,13-12+,16-15+,19-18+. The number of nitrogens with one attached hydrogen (secondary N) is 1. The topological polar surface area (TPSA) is 29.1 Å². The fraction of sp³-hybridized carbons (Fsp3) is 0.345. The maximum atomic E-state index is 11.8. The minimum Gasteiger partial charge on any atom is -0.352 e. The predicted molar refractivity (Wildman–Crippen MR) is 136 cm³/mol. The molecule has 0 atom stereocenters. The van der Waals surface area contributed by atoms with E-state index in [1.807, 2.05) is 30.3 Å². The van der Waals surface area contributed by atoms with Crippen LogP contribution in [0.15, 0.2) is 103 Å². The van der Waals surface area contributed by atoms with Gasteiger partial charge >= 0.3 is 0 Å². The molecule has 0 bridgehead atoms. The van der Waals surface area contributed by atoms with Crippen LogP contribution in [0.1, 0.15) is 63.9 Å². The Morgan fingerprint density at radius 1 is 0.677 bits per heavy atom. The fourth-order valence-electron chi connectivity index (χ4n) is 2.74. The molecule has 0 unspecified atom stereocenters. The van der Waals surface area contributed by atoms with E-state index in [1.54, 1.807) is 0 Å². The summed E-state index contributed by atoms with van der Waals surface area (Å²) >= 11 is 0. The number of carbonyl (C=O) groups is 1. The smallest absolute Gasteiger partial charge is 0.220 e. The zero-order valence-corrected chi connectivity index (χ0v) is 19.1. The van der Waals surface area contributed by atoms with E-state index >= 15 is 0 Å². The Labute approximate surface area is 189 Å². The first-order chi connectivity index (χ1) is 15.3. The molecule has 0 aliphatic rings. The van der Waals surface area contributed by atoms with Gasteiger partial charge in [0.05, 0.1) is 0 Å². The molecule has 1 rings (SSSR count). The van der Waals surface area contributed by atoms with E-state index in [9.17, 15) is 4.79 Å². The Bertz CT molecular complexity index is 735. The van der Waals surface area contributed by atoms with E-state index < -0.39 is 0 Å². The number of carbonyl (C=O) groups excluding carboxylic acids is 1. The third-order valence-corrected chi connectivity index (χ3v) is 4.47. The van der Waals surface area contributed by atoms with E-state index in [0.29, 0.717) is 13.0 Å². The Balaban J connectivity index is 1.96. The molecule has 0 aliphatic heterocycles. The van der Waals surface area contributed by atoms with E-state index in [1.165, 1.54) is 0 Å². The molecule has 1 aromatic carbocycles. The highest BCUT2D eigenvalue weighted by atomic mass is 16.1. The van der Waals surface area contributed by atoms with Gasteiger partial charge in [0, 0.05) is 13.0 Å². The monoisotopic (exact) mass is 417 g/mol. The van der Waals surface area contributed by atoms with Crippen LogP contribution in [-0.4, -0.2) is 5.91 Å². The number of benzene rings is 1. The lowest BCUT2D eigenvalue weighted by Crippen LogP contribution is -2.22. The van der Waals surface area contributed by atoms with Crippen molar-refractivity contribution < 1.29 is 4.79 Å². The highest BCUT2D eigenvalue weighted by Crippen LogP contribution is 2.00. The second-order valence-corrected chi connectivity index (χ2v) is 7.22. The molecule has 0 saturated carbocycles. The molecule has 0 heterocycles. The predicted octanol–water partition coefficient (Wildman–Crippen LogP) is 7.78. The van der Waals surface area contributed by atoms with Crippen molar-refractivity contribution in [2.75, 3.05) is 0 Å². The van der Waals surface area contributed by atoms with Crippen molar-refractivity contribution in [3.63, 3.8) is 0 Å². The third kappa shape index (κ3) is 17.7. The van der Waals surface area contributed by atoms with Crippen LogP contribution in [0.5, 0.6) is 0 Å². The summed E-state index contributed by atoms with van der Waals surface area (Å²) in [5.74, 6) is 0.100. The van der Waals surface area contributed by atoms with Gasteiger partial charge in [-0.15, -0.1) is 0 Å². The van der Waals surface area contributed by atoms with Gasteiger partial charge in [0.2, 0.25) is 5.91 Å². The van der Waals surface area contributed by atoms with Crippen LogP contribution in [-0.2, 0) is 11.3 Å². The summed E-state index contributed by atoms with van der Waals surface area (Å²) in [6.07, 6.45) is 33.6. The number of allylic oxidation sites excluding steroid dienone is 12. The molecule has 0 aliphatic carbocycles. The number of hydrogen-bond donors (Lipinski definition) is 1. The Morgan fingerprint density at radius 3 is 1.61 bits per heavy atom. The van der Waals surface area contributed by atoms with Gasteiger partial charge in [0.25, 0.3) is 0 Å². The first-order valence-corrected chi connectivity index (χ1v) is 11.5. The maximum Gasteiger partial charge on any atom is 0.220 e. The summed E-state index contributed by atoms with van der Waals surface area (Å²) in [6, 6.07) is 9.99. The lowest BCUT2D eigenvalue weighted by Gasteiger charge is -2.03. The van der Waals surface area contributed by atoms with E-state index in [2.05, 4.69) is 85.2 Å². The molecule has 0 fully saturated rings. The molecule has 1 amide bonds. The van der Waals surface area contributed by atoms with Crippen molar-refractivity contribution in [3.8, 4) is 0 Å². The number of hydrogen-bond acceptors (Lipinski definition) is 1. The van der Waals surface area contributed by atoms with Gasteiger partial charge in [0.1, 0.15) is 0 Å². The Morgan fingerprint density at radius 2 is 1.13 bits per heavy atom. The highest BCUT2D eigenvalue weighted by Gasteiger charge is 1.98. The highest BCUT2D eigenvalue weighted by molar-refractivity contribution is 5.75. The van der Waals surface area contributed by atoms with Crippen molar-refractivity contribution in [1.82, 2.24) is 5.32 Å². The first-order valence-electron chi connectivity index (χ1n) is 11.5. The zero-order chi connectivity index (χ0) is 22.2. The van der Waals surface area contributed by atoms with E-state index in [0.717, 1.165) is 50.5 Å². The van der Waals surface area contributed by atoms with Gasteiger partial charge in [-0.05, 0) is 50.5 Å². The number of amides is 1. The zero-order valence-electron chi connectivity index (χ0n) is 19.1. The van der Waals surface area contributed by atoms with Crippen LogP contribution >= 0.6 is 0 Å². The van der Waals surface area contributed by atoms with Gasteiger partial charge in [-0.3, -0.25) is 4.79 Å². The van der Waals surface area contributed by atoms with Crippen molar-refractivity contribution >= 4 is 5.91 Å². The molecule has 2 heteroatoms. The van der Waals surface area contributed by atoms with Crippen molar-refractivity contribution in [3.05, 3.63) is 109 Å². The molecule has 166 valence electrons. The molecular formula is C29H39NO. The first kappa shape index (κ1) is 26.2. The average molecular weight is 418 g/mol. The number of rotatable bonds is 16. The quantitative estimate of drug-likeness (QED) is 0.273. The normalized spacial score (nSPS) is 12.5. The molecular weight excluding hydrogens is 378 g/mol. The van der Waals surface area contributed by atoms with Crippen LogP contribution < -0.4 is 5.32 Å². The molecule has 31 heavy (non-hydrogen) atoms. The summed E-state index contributed by atoms with van der Waals surface area (Å²) in [7, 11) is 0. The molecule has 1 aromatic rings. The van der Waals surface area contributed by atoms with Gasteiger partial charge in [0.15, 0.2) is 0 Å². The lowest BCUT2D eigenvalue weighted by molar-refractivity contribution is -0.121. The molecule has 0 saturated heterocycles.